The first-order valence-corrected chi connectivity index (χ1v) is 7.55. The number of benzene rings is 2. The number of hydrogen-bond acceptors (Lipinski definition) is 4. The van der Waals surface area contributed by atoms with Gasteiger partial charge in [0.15, 0.2) is 11.5 Å². The zero-order valence-corrected chi connectivity index (χ0v) is 13.4. The highest BCUT2D eigenvalue weighted by molar-refractivity contribution is 6.31. The van der Waals surface area contributed by atoms with E-state index in [0.29, 0.717) is 41.2 Å². The maximum absolute atomic E-state index is 12.2. The minimum Gasteiger partial charge on any atom is -0.497 e. The normalized spacial score (nSPS) is 12.6. The minimum atomic E-state index is -0.159. The Kier molecular flexibility index (Phi) is 4.57. The fourth-order valence-electron chi connectivity index (χ4n) is 2.30. The Morgan fingerprint density at radius 3 is 2.70 bits per heavy atom. The van der Waals surface area contributed by atoms with Crippen molar-refractivity contribution in [1.82, 2.24) is 0 Å². The van der Waals surface area contributed by atoms with Gasteiger partial charge in [-0.25, -0.2) is 0 Å². The second kappa shape index (κ2) is 6.79. The maximum atomic E-state index is 12.2. The van der Waals surface area contributed by atoms with Gasteiger partial charge in [-0.3, -0.25) is 4.79 Å². The Morgan fingerprint density at radius 2 is 1.96 bits per heavy atom. The van der Waals surface area contributed by atoms with Gasteiger partial charge in [0.25, 0.3) is 0 Å². The van der Waals surface area contributed by atoms with Crippen molar-refractivity contribution < 1.29 is 19.0 Å². The summed E-state index contributed by atoms with van der Waals surface area (Å²) >= 11 is 6.15. The van der Waals surface area contributed by atoms with Gasteiger partial charge < -0.3 is 19.5 Å². The Labute approximate surface area is 139 Å². The second-order valence-corrected chi connectivity index (χ2v) is 5.45. The minimum absolute atomic E-state index is 0.159. The van der Waals surface area contributed by atoms with Crippen molar-refractivity contribution in [2.45, 2.75) is 6.42 Å². The van der Waals surface area contributed by atoms with Gasteiger partial charge >= 0.3 is 0 Å². The lowest BCUT2D eigenvalue weighted by molar-refractivity contribution is -0.115. The topological polar surface area (TPSA) is 56.8 Å². The van der Waals surface area contributed by atoms with Gasteiger partial charge in [-0.05, 0) is 29.8 Å². The summed E-state index contributed by atoms with van der Waals surface area (Å²) in [6.07, 6.45) is 0.178. The third kappa shape index (κ3) is 3.68. The number of carbonyl (C=O) groups excluding carboxylic acids is 1. The molecule has 0 spiro atoms. The van der Waals surface area contributed by atoms with Crippen molar-refractivity contribution in [3.8, 4) is 17.2 Å². The van der Waals surface area contributed by atoms with Crippen LogP contribution in [0.25, 0.3) is 0 Å². The van der Waals surface area contributed by atoms with Crippen LogP contribution in [0, 0.1) is 0 Å². The summed E-state index contributed by atoms with van der Waals surface area (Å²) in [6, 6.07) is 10.6. The first kappa shape index (κ1) is 15.5. The summed E-state index contributed by atoms with van der Waals surface area (Å²) in [5.74, 6) is 1.82. The molecule has 1 heterocycles. The molecule has 1 amide bonds. The molecule has 6 heteroatoms. The number of amides is 1. The van der Waals surface area contributed by atoms with E-state index < -0.39 is 0 Å². The molecule has 3 rings (SSSR count). The van der Waals surface area contributed by atoms with Crippen LogP contribution in [0.2, 0.25) is 5.02 Å². The highest BCUT2D eigenvalue weighted by Crippen LogP contribution is 2.32. The van der Waals surface area contributed by atoms with Gasteiger partial charge in [0, 0.05) is 16.8 Å². The zero-order valence-electron chi connectivity index (χ0n) is 12.6. The lowest BCUT2D eigenvalue weighted by Gasteiger charge is -2.19. The standard InChI is InChI=1S/C17H16ClNO4/c1-21-13-4-2-11(14(18)10-13)8-17(20)19-12-3-5-15-16(9-12)23-7-6-22-15/h2-5,9-10H,6-8H2,1H3,(H,19,20). The molecule has 5 nitrogen and oxygen atoms in total. The van der Waals surface area contributed by atoms with Crippen molar-refractivity contribution in [3.63, 3.8) is 0 Å². The van der Waals surface area contributed by atoms with Crippen molar-refractivity contribution in [2.24, 2.45) is 0 Å². The first-order chi connectivity index (χ1) is 11.2. The Balaban J connectivity index is 1.67. The average Bonchev–Trinajstić information content (AvgIpc) is 2.56. The zero-order chi connectivity index (χ0) is 16.2. The van der Waals surface area contributed by atoms with E-state index in [0.717, 1.165) is 5.56 Å². The monoisotopic (exact) mass is 333 g/mol. The lowest BCUT2D eigenvalue weighted by Crippen LogP contribution is -2.17. The van der Waals surface area contributed by atoms with E-state index in [1.54, 1.807) is 43.5 Å². The lowest BCUT2D eigenvalue weighted by atomic mass is 10.1. The van der Waals surface area contributed by atoms with Crippen molar-refractivity contribution in [1.29, 1.82) is 0 Å². The van der Waals surface area contributed by atoms with Gasteiger partial charge in [-0.1, -0.05) is 17.7 Å². The number of rotatable bonds is 4. The van der Waals surface area contributed by atoms with Gasteiger partial charge in [0.1, 0.15) is 19.0 Å². The van der Waals surface area contributed by atoms with E-state index in [9.17, 15) is 4.79 Å². The van der Waals surface area contributed by atoms with Crippen LogP contribution in [-0.4, -0.2) is 26.2 Å². The first-order valence-electron chi connectivity index (χ1n) is 7.17. The van der Waals surface area contributed by atoms with Crippen molar-refractivity contribution in [3.05, 3.63) is 47.0 Å². The second-order valence-electron chi connectivity index (χ2n) is 5.04. The Hall–Kier alpha value is -2.40. The third-order valence-electron chi connectivity index (χ3n) is 3.44. The fourth-order valence-corrected chi connectivity index (χ4v) is 2.53. The van der Waals surface area contributed by atoms with Gasteiger partial charge in [0.2, 0.25) is 5.91 Å². The van der Waals surface area contributed by atoms with Crippen LogP contribution in [0.1, 0.15) is 5.56 Å². The van der Waals surface area contributed by atoms with Crippen LogP contribution in [0.4, 0.5) is 5.69 Å². The molecule has 0 atom stereocenters. The molecule has 0 saturated heterocycles. The molecule has 0 unspecified atom stereocenters. The molecule has 2 aromatic rings. The molecular formula is C17H16ClNO4. The van der Waals surface area contributed by atoms with Crippen LogP contribution < -0.4 is 19.5 Å². The molecule has 120 valence electrons. The predicted octanol–water partition coefficient (Wildman–Crippen LogP) is 3.30. The summed E-state index contributed by atoms with van der Waals surface area (Å²) in [5, 5.41) is 3.33. The Bertz CT molecular complexity index is 733. The molecular weight excluding hydrogens is 318 g/mol. The fraction of sp³-hybridized carbons (Fsp3) is 0.235. The van der Waals surface area contributed by atoms with Gasteiger partial charge in [-0.2, -0.15) is 0 Å². The SMILES string of the molecule is COc1ccc(CC(=O)Nc2ccc3c(c2)OCCO3)c(Cl)c1. The summed E-state index contributed by atoms with van der Waals surface area (Å²) in [5.41, 5.74) is 1.39. The third-order valence-corrected chi connectivity index (χ3v) is 3.79. The molecule has 0 aromatic heterocycles. The molecule has 0 radical (unpaired) electrons. The van der Waals surface area contributed by atoms with Crippen LogP contribution in [0.15, 0.2) is 36.4 Å². The number of methoxy groups -OCH3 is 1. The van der Waals surface area contributed by atoms with E-state index >= 15 is 0 Å². The van der Waals surface area contributed by atoms with Crippen LogP contribution in [-0.2, 0) is 11.2 Å². The summed E-state index contributed by atoms with van der Waals surface area (Å²) in [4.78, 5) is 12.2. The molecule has 1 aliphatic rings. The maximum Gasteiger partial charge on any atom is 0.228 e. The summed E-state index contributed by atoms with van der Waals surface area (Å²) < 4.78 is 16.0. The number of anilines is 1. The summed E-state index contributed by atoms with van der Waals surface area (Å²) in [6.45, 7) is 1.04. The Morgan fingerprint density at radius 1 is 1.17 bits per heavy atom. The number of nitrogens with one attached hydrogen (secondary N) is 1. The average molecular weight is 334 g/mol. The van der Waals surface area contributed by atoms with E-state index in [2.05, 4.69) is 5.32 Å². The van der Waals surface area contributed by atoms with Crippen molar-refractivity contribution >= 4 is 23.2 Å². The number of fused-ring (bicyclic) bond motifs is 1. The predicted molar refractivity (Wildman–Crippen MR) is 87.8 cm³/mol. The van der Waals surface area contributed by atoms with Gasteiger partial charge in [0.05, 0.1) is 13.5 Å². The molecule has 0 saturated carbocycles. The highest BCUT2D eigenvalue weighted by Gasteiger charge is 2.13. The van der Waals surface area contributed by atoms with Crippen molar-refractivity contribution in [2.75, 3.05) is 25.6 Å². The van der Waals surface area contributed by atoms with Crippen LogP contribution in [0.3, 0.4) is 0 Å². The molecule has 0 aliphatic carbocycles. The molecule has 1 N–H and O–H groups in total. The number of ether oxygens (including phenoxy) is 3. The molecule has 0 bridgehead atoms. The largest absolute Gasteiger partial charge is 0.497 e. The molecule has 0 fully saturated rings. The molecule has 23 heavy (non-hydrogen) atoms. The smallest absolute Gasteiger partial charge is 0.228 e. The highest BCUT2D eigenvalue weighted by atomic mass is 35.5. The molecule has 2 aromatic carbocycles. The van der Waals surface area contributed by atoms with E-state index in [1.165, 1.54) is 0 Å². The van der Waals surface area contributed by atoms with E-state index in [-0.39, 0.29) is 12.3 Å². The quantitative estimate of drug-likeness (QED) is 0.932. The number of halogens is 1. The van der Waals surface area contributed by atoms with Crippen LogP contribution >= 0.6 is 11.6 Å². The van der Waals surface area contributed by atoms with Crippen LogP contribution in [0.5, 0.6) is 17.2 Å². The van der Waals surface area contributed by atoms with Gasteiger partial charge in [-0.15, -0.1) is 0 Å². The summed E-state index contributed by atoms with van der Waals surface area (Å²) in [7, 11) is 1.57. The number of carbonyl (C=O) groups is 1. The molecule has 1 aliphatic heterocycles. The number of hydrogen-bond donors (Lipinski definition) is 1. The van der Waals surface area contributed by atoms with E-state index in [1.807, 2.05) is 0 Å². The van der Waals surface area contributed by atoms with E-state index in [4.69, 9.17) is 25.8 Å².